The summed E-state index contributed by atoms with van der Waals surface area (Å²) in [6, 6.07) is 1.35. The molecule has 0 aliphatic carbocycles. The van der Waals surface area contributed by atoms with Gasteiger partial charge < -0.3 is 10.5 Å². The van der Waals surface area contributed by atoms with E-state index in [0.29, 0.717) is 0 Å². The lowest BCUT2D eigenvalue weighted by Crippen LogP contribution is -2.08. The van der Waals surface area contributed by atoms with Crippen molar-refractivity contribution in [2.75, 3.05) is 12.8 Å². The minimum Gasteiger partial charge on any atom is -0.464 e. The highest BCUT2D eigenvalue weighted by Gasteiger charge is 2.15. The van der Waals surface area contributed by atoms with E-state index >= 15 is 0 Å². The second-order valence-electron chi connectivity index (χ2n) is 2.18. The van der Waals surface area contributed by atoms with Crippen LogP contribution in [-0.4, -0.2) is 18.1 Å². The number of methoxy groups -OCH3 is 1. The van der Waals surface area contributed by atoms with Crippen molar-refractivity contribution in [2.45, 2.75) is 0 Å². The molecule has 0 amide bonds. The number of hydrogen-bond donors (Lipinski definition) is 1. The van der Waals surface area contributed by atoms with Crippen LogP contribution in [0, 0.1) is 0 Å². The van der Waals surface area contributed by atoms with Gasteiger partial charge in [0.2, 0.25) is 0 Å². The number of ether oxygens (including phenoxy) is 1. The number of nitrogens with two attached hydrogens (primary N) is 1. The number of esters is 1. The molecule has 2 N–H and O–H groups in total. The number of carbonyl (C=O) groups excluding carboxylic acids is 1. The monoisotopic (exact) mass is 220 g/mol. The molecule has 1 heterocycles. The van der Waals surface area contributed by atoms with Crippen LogP contribution in [0.4, 0.5) is 5.69 Å². The molecule has 0 atom stereocenters. The van der Waals surface area contributed by atoms with Crippen molar-refractivity contribution in [3.63, 3.8) is 0 Å². The first-order valence-corrected chi connectivity index (χ1v) is 4.01. The van der Waals surface area contributed by atoms with Crippen LogP contribution in [0.1, 0.15) is 10.5 Å². The van der Waals surface area contributed by atoms with Gasteiger partial charge in [-0.1, -0.05) is 23.2 Å². The summed E-state index contributed by atoms with van der Waals surface area (Å²) in [5, 5.41) is 0.278. The number of pyridine rings is 1. The molecule has 1 aromatic rings. The minimum atomic E-state index is -0.665. The summed E-state index contributed by atoms with van der Waals surface area (Å²) < 4.78 is 4.43. The molecule has 0 saturated carbocycles. The summed E-state index contributed by atoms with van der Waals surface area (Å²) in [5.74, 6) is -0.665. The smallest absolute Gasteiger partial charge is 0.358 e. The van der Waals surface area contributed by atoms with E-state index in [4.69, 9.17) is 28.9 Å². The molecular formula is C7H6Cl2N2O2. The second-order valence-corrected chi connectivity index (χ2v) is 2.98. The maximum absolute atomic E-state index is 11.1. The van der Waals surface area contributed by atoms with Crippen LogP contribution >= 0.6 is 23.2 Å². The number of hydrogen-bond acceptors (Lipinski definition) is 4. The maximum Gasteiger partial charge on any atom is 0.358 e. The second kappa shape index (κ2) is 3.81. The number of nitrogen functional groups attached to an aromatic ring is 1. The van der Waals surface area contributed by atoms with Gasteiger partial charge in [-0.3, -0.25) is 0 Å². The Bertz CT molecular complexity index is 355. The van der Waals surface area contributed by atoms with Crippen LogP contribution < -0.4 is 5.73 Å². The summed E-state index contributed by atoms with van der Waals surface area (Å²) >= 11 is 11.2. The lowest BCUT2D eigenvalue weighted by atomic mass is 10.3. The van der Waals surface area contributed by atoms with Crippen LogP contribution in [0.5, 0.6) is 0 Å². The molecule has 0 spiro atoms. The van der Waals surface area contributed by atoms with Crippen LogP contribution in [0.25, 0.3) is 0 Å². The van der Waals surface area contributed by atoms with E-state index < -0.39 is 5.97 Å². The van der Waals surface area contributed by atoms with Crippen LogP contribution in [-0.2, 0) is 4.74 Å². The largest absolute Gasteiger partial charge is 0.464 e. The highest BCUT2D eigenvalue weighted by atomic mass is 35.5. The van der Waals surface area contributed by atoms with Crippen molar-refractivity contribution in [2.24, 2.45) is 0 Å². The van der Waals surface area contributed by atoms with E-state index in [2.05, 4.69) is 9.72 Å². The van der Waals surface area contributed by atoms with Crippen molar-refractivity contribution < 1.29 is 9.53 Å². The van der Waals surface area contributed by atoms with Gasteiger partial charge in [0.25, 0.3) is 0 Å². The van der Waals surface area contributed by atoms with E-state index in [0.717, 1.165) is 0 Å². The van der Waals surface area contributed by atoms with Gasteiger partial charge in [0.15, 0.2) is 5.69 Å². The zero-order valence-electron chi connectivity index (χ0n) is 6.67. The lowest BCUT2D eigenvalue weighted by molar-refractivity contribution is 0.0595. The van der Waals surface area contributed by atoms with Crippen molar-refractivity contribution in [3.05, 3.63) is 21.9 Å². The molecule has 1 rings (SSSR count). The highest BCUT2D eigenvalue weighted by Crippen LogP contribution is 2.24. The van der Waals surface area contributed by atoms with E-state index in [1.165, 1.54) is 13.2 Å². The Hall–Kier alpha value is -1.00. The van der Waals surface area contributed by atoms with Gasteiger partial charge >= 0.3 is 5.97 Å². The summed E-state index contributed by atoms with van der Waals surface area (Å²) in [6.45, 7) is 0. The SMILES string of the molecule is COC(=O)c1nc(Cl)cc(Cl)c1N. The van der Waals surface area contributed by atoms with E-state index in [9.17, 15) is 4.79 Å². The average molecular weight is 221 g/mol. The first-order valence-electron chi connectivity index (χ1n) is 3.26. The molecule has 4 nitrogen and oxygen atoms in total. The van der Waals surface area contributed by atoms with Gasteiger partial charge in [-0.2, -0.15) is 0 Å². The Morgan fingerprint density at radius 3 is 2.77 bits per heavy atom. The van der Waals surface area contributed by atoms with Gasteiger partial charge in [0, 0.05) is 0 Å². The minimum absolute atomic E-state index is 0.0675. The third-order valence-corrected chi connectivity index (χ3v) is 1.86. The van der Waals surface area contributed by atoms with Gasteiger partial charge in [-0.05, 0) is 6.07 Å². The van der Waals surface area contributed by atoms with Crippen molar-refractivity contribution >= 4 is 34.9 Å². The fraction of sp³-hybridized carbons (Fsp3) is 0.143. The summed E-state index contributed by atoms with van der Waals surface area (Å²) in [6.07, 6.45) is 0. The zero-order chi connectivity index (χ0) is 10.0. The van der Waals surface area contributed by atoms with Crippen LogP contribution in [0.15, 0.2) is 6.07 Å². The number of rotatable bonds is 1. The predicted molar refractivity (Wildman–Crippen MR) is 50.0 cm³/mol. The van der Waals surface area contributed by atoms with Crippen molar-refractivity contribution in [1.29, 1.82) is 0 Å². The summed E-state index contributed by atoms with van der Waals surface area (Å²) in [4.78, 5) is 14.7. The molecule has 70 valence electrons. The molecule has 0 bridgehead atoms. The number of halogens is 2. The predicted octanol–water partition coefficient (Wildman–Crippen LogP) is 1.76. The Kier molecular flexibility index (Phi) is 2.95. The summed E-state index contributed by atoms with van der Waals surface area (Å²) in [7, 11) is 1.22. The molecule has 1 aromatic heterocycles. The number of anilines is 1. The average Bonchev–Trinajstić information content (AvgIpc) is 2.10. The van der Waals surface area contributed by atoms with Gasteiger partial charge in [0.05, 0.1) is 17.8 Å². The Balaban J connectivity index is 3.28. The number of aromatic nitrogens is 1. The Morgan fingerprint density at radius 2 is 2.23 bits per heavy atom. The van der Waals surface area contributed by atoms with E-state index in [1.807, 2.05) is 0 Å². The zero-order valence-corrected chi connectivity index (χ0v) is 8.19. The van der Waals surface area contributed by atoms with E-state index in [-0.39, 0.29) is 21.6 Å². The molecule has 0 aliphatic rings. The quantitative estimate of drug-likeness (QED) is 0.579. The normalized spacial score (nSPS) is 9.77. The molecule has 0 saturated heterocycles. The Labute approximate surface area is 84.6 Å². The maximum atomic E-state index is 11.1. The molecule has 13 heavy (non-hydrogen) atoms. The molecule has 0 fully saturated rings. The van der Waals surface area contributed by atoms with Gasteiger partial charge in [-0.25, -0.2) is 9.78 Å². The molecular weight excluding hydrogens is 215 g/mol. The topological polar surface area (TPSA) is 65.2 Å². The Morgan fingerprint density at radius 1 is 1.62 bits per heavy atom. The van der Waals surface area contributed by atoms with Crippen molar-refractivity contribution in [1.82, 2.24) is 4.98 Å². The fourth-order valence-electron chi connectivity index (χ4n) is 0.747. The van der Waals surface area contributed by atoms with Gasteiger partial charge in [-0.15, -0.1) is 0 Å². The third-order valence-electron chi connectivity index (χ3n) is 1.36. The first-order chi connectivity index (χ1) is 6.06. The fourth-order valence-corrected chi connectivity index (χ4v) is 1.19. The number of nitrogens with zero attached hydrogens (tertiary/aromatic N) is 1. The number of carbonyl (C=O) groups is 1. The molecule has 6 heteroatoms. The molecule has 0 aliphatic heterocycles. The summed E-state index contributed by atoms with van der Waals surface area (Å²) in [5.41, 5.74) is 5.47. The van der Waals surface area contributed by atoms with Gasteiger partial charge in [0.1, 0.15) is 5.15 Å². The molecule has 0 unspecified atom stereocenters. The molecule has 0 aromatic carbocycles. The lowest BCUT2D eigenvalue weighted by Gasteiger charge is -2.04. The highest BCUT2D eigenvalue weighted by molar-refractivity contribution is 6.36. The standard InChI is InChI=1S/C7H6Cl2N2O2/c1-13-7(12)6-5(10)3(8)2-4(9)11-6/h2H,10H2,1H3. The van der Waals surface area contributed by atoms with Crippen molar-refractivity contribution in [3.8, 4) is 0 Å². The third kappa shape index (κ3) is 2.02. The van der Waals surface area contributed by atoms with E-state index in [1.54, 1.807) is 0 Å². The molecule has 0 radical (unpaired) electrons. The van der Waals surface area contributed by atoms with Crippen LogP contribution in [0.3, 0.4) is 0 Å². The van der Waals surface area contributed by atoms with Crippen LogP contribution in [0.2, 0.25) is 10.2 Å². The first kappa shape index (κ1) is 10.1.